The van der Waals surface area contributed by atoms with Crippen LogP contribution in [0.4, 0.5) is 0 Å². The highest BCUT2D eigenvalue weighted by Crippen LogP contribution is 2.20. The third kappa shape index (κ3) is 3.20. The molecule has 0 saturated carbocycles. The molecule has 0 spiro atoms. The van der Waals surface area contributed by atoms with Crippen molar-refractivity contribution in [1.82, 2.24) is 4.98 Å². The maximum Gasteiger partial charge on any atom is 0.229 e. The van der Waals surface area contributed by atoms with Crippen molar-refractivity contribution in [3.05, 3.63) is 71.2 Å². The Kier molecular flexibility index (Phi) is 3.97. The van der Waals surface area contributed by atoms with Crippen molar-refractivity contribution in [3.8, 4) is 5.75 Å². The molecular formula is C15H12ClNO2. The second-order valence-corrected chi connectivity index (χ2v) is 4.38. The van der Waals surface area contributed by atoms with Gasteiger partial charge in [-0.3, -0.25) is 9.78 Å². The summed E-state index contributed by atoms with van der Waals surface area (Å²) in [6.07, 6.45) is 1.54. The van der Waals surface area contributed by atoms with Crippen LogP contribution in [0.25, 0.3) is 0 Å². The third-order valence-electron chi connectivity index (χ3n) is 2.50. The maximum absolute atomic E-state index is 12.1. The lowest BCUT2D eigenvalue weighted by Gasteiger charge is -2.08. The highest BCUT2D eigenvalue weighted by Gasteiger charge is 2.15. The number of nitrogens with zero attached hydrogens (tertiary/aromatic N) is 1. The topological polar surface area (TPSA) is 39.2 Å². The molecule has 1 aromatic heterocycles. The molecule has 3 nitrogen and oxygen atoms in total. The molecule has 0 fully saturated rings. The Balaban J connectivity index is 2.14. The van der Waals surface area contributed by atoms with Crippen LogP contribution in [-0.4, -0.2) is 10.8 Å². The zero-order chi connectivity index (χ0) is 13.8. The van der Waals surface area contributed by atoms with Crippen molar-refractivity contribution < 1.29 is 9.53 Å². The lowest BCUT2D eigenvalue weighted by Crippen LogP contribution is -2.09. The largest absolute Gasteiger partial charge is 0.452 e. The number of allylic oxidation sites excluding steroid dienone is 1. The van der Waals surface area contributed by atoms with Crippen molar-refractivity contribution in [2.24, 2.45) is 0 Å². The van der Waals surface area contributed by atoms with Crippen LogP contribution in [0.5, 0.6) is 5.75 Å². The first-order valence-electron chi connectivity index (χ1n) is 5.66. The molecular weight excluding hydrogens is 262 g/mol. The molecule has 4 heteroatoms. The molecule has 19 heavy (non-hydrogen) atoms. The number of benzene rings is 1. The molecule has 2 aromatic rings. The Labute approximate surface area is 116 Å². The summed E-state index contributed by atoms with van der Waals surface area (Å²) in [5, 5.41) is 0.374. The van der Waals surface area contributed by atoms with E-state index in [4.69, 9.17) is 16.3 Å². The van der Waals surface area contributed by atoms with E-state index >= 15 is 0 Å². The summed E-state index contributed by atoms with van der Waals surface area (Å²) < 4.78 is 5.38. The smallest absolute Gasteiger partial charge is 0.229 e. The average Bonchev–Trinajstić information content (AvgIpc) is 2.41. The van der Waals surface area contributed by atoms with E-state index in [1.807, 2.05) is 6.92 Å². The van der Waals surface area contributed by atoms with Crippen LogP contribution in [-0.2, 0) is 0 Å². The van der Waals surface area contributed by atoms with E-state index in [2.05, 4.69) is 11.6 Å². The number of hydrogen-bond acceptors (Lipinski definition) is 3. The summed E-state index contributed by atoms with van der Waals surface area (Å²) in [6, 6.07) is 10.3. The van der Waals surface area contributed by atoms with Gasteiger partial charge in [-0.1, -0.05) is 30.3 Å². The Morgan fingerprint density at radius 1 is 1.26 bits per heavy atom. The zero-order valence-corrected chi connectivity index (χ0v) is 11.1. The fourth-order valence-electron chi connectivity index (χ4n) is 1.50. The van der Waals surface area contributed by atoms with Gasteiger partial charge in [-0.15, -0.1) is 0 Å². The molecule has 0 N–H and O–H groups in total. The first-order chi connectivity index (χ1) is 9.08. The Morgan fingerprint density at radius 2 is 2.00 bits per heavy atom. The normalized spacial score (nSPS) is 10.0. The number of carbonyl (C=O) groups is 1. The quantitative estimate of drug-likeness (QED) is 0.483. The third-order valence-corrected chi connectivity index (χ3v) is 2.83. The SMILES string of the molecule is C=C(Oc1ccc(C)nc1)C(=O)c1ccccc1Cl. The number of halogens is 1. The summed E-state index contributed by atoms with van der Waals surface area (Å²) in [4.78, 5) is 16.2. The molecule has 96 valence electrons. The number of Topliss-reactive ketones (excluding diaryl/α,β-unsaturated/α-hetero) is 1. The molecule has 0 saturated heterocycles. The number of ether oxygens (including phenoxy) is 1. The predicted octanol–water partition coefficient (Wildman–Crippen LogP) is 3.82. The van der Waals surface area contributed by atoms with E-state index in [1.54, 1.807) is 42.6 Å². The number of ketones is 1. The molecule has 0 atom stereocenters. The van der Waals surface area contributed by atoms with Crippen molar-refractivity contribution in [1.29, 1.82) is 0 Å². The molecule has 0 radical (unpaired) electrons. The van der Waals surface area contributed by atoms with Gasteiger partial charge in [-0.05, 0) is 31.2 Å². The van der Waals surface area contributed by atoms with E-state index in [-0.39, 0.29) is 11.5 Å². The number of rotatable bonds is 4. The lowest BCUT2D eigenvalue weighted by molar-refractivity contribution is 0.0987. The molecule has 0 bridgehead atoms. The van der Waals surface area contributed by atoms with Crippen LogP contribution in [0.15, 0.2) is 54.9 Å². The number of carbonyl (C=O) groups excluding carboxylic acids is 1. The first-order valence-corrected chi connectivity index (χ1v) is 6.04. The minimum absolute atomic E-state index is 0.0127. The molecule has 2 rings (SSSR count). The number of aromatic nitrogens is 1. The van der Waals surface area contributed by atoms with E-state index in [9.17, 15) is 4.79 Å². The summed E-state index contributed by atoms with van der Waals surface area (Å²) in [5.74, 6) is 0.140. The van der Waals surface area contributed by atoms with Gasteiger partial charge in [0.25, 0.3) is 0 Å². The van der Waals surface area contributed by atoms with Gasteiger partial charge in [0.05, 0.1) is 11.2 Å². The summed E-state index contributed by atoms with van der Waals surface area (Å²) >= 11 is 5.96. The minimum Gasteiger partial charge on any atom is -0.452 e. The molecule has 0 aliphatic rings. The van der Waals surface area contributed by atoms with Gasteiger partial charge in [0.15, 0.2) is 5.76 Å². The summed E-state index contributed by atoms with van der Waals surface area (Å²) in [6.45, 7) is 5.50. The number of aryl methyl sites for hydroxylation is 1. The second kappa shape index (κ2) is 5.67. The Morgan fingerprint density at radius 3 is 2.63 bits per heavy atom. The van der Waals surface area contributed by atoms with Crippen molar-refractivity contribution >= 4 is 17.4 Å². The van der Waals surface area contributed by atoms with Crippen LogP contribution in [0.1, 0.15) is 16.1 Å². The molecule has 0 aliphatic heterocycles. The van der Waals surface area contributed by atoms with Gasteiger partial charge in [0, 0.05) is 11.3 Å². The van der Waals surface area contributed by atoms with Gasteiger partial charge in [-0.2, -0.15) is 0 Å². The standard InChI is InChI=1S/C15H12ClNO2/c1-10-7-8-12(9-17-10)19-11(2)15(18)13-5-3-4-6-14(13)16/h3-9H,2H2,1H3. The van der Waals surface area contributed by atoms with Crippen LogP contribution in [0.3, 0.4) is 0 Å². The molecule has 1 aromatic carbocycles. The highest BCUT2D eigenvalue weighted by atomic mass is 35.5. The second-order valence-electron chi connectivity index (χ2n) is 3.97. The number of hydrogen-bond donors (Lipinski definition) is 0. The van der Waals surface area contributed by atoms with E-state index in [0.717, 1.165) is 5.69 Å². The van der Waals surface area contributed by atoms with Gasteiger partial charge in [0.2, 0.25) is 5.78 Å². The first kappa shape index (κ1) is 13.3. The lowest BCUT2D eigenvalue weighted by atomic mass is 10.1. The van der Waals surface area contributed by atoms with Gasteiger partial charge < -0.3 is 4.74 Å². The van der Waals surface area contributed by atoms with Gasteiger partial charge >= 0.3 is 0 Å². The van der Waals surface area contributed by atoms with Gasteiger partial charge in [0.1, 0.15) is 5.75 Å². The zero-order valence-electron chi connectivity index (χ0n) is 10.4. The van der Waals surface area contributed by atoms with Crippen molar-refractivity contribution in [2.45, 2.75) is 6.92 Å². The molecule has 0 aliphatic carbocycles. The Bertz CT molecular complexity index is 620. The van der Waals surface area contributed by atoms with Crippen LogP contribution >= 0.6 is 11.6 Å². The van der Waals surface area contributed by atoms with E-state index in [1.165, 1.54) is 0 Å². The fraction of sp³-hybridized carbons (Fsp3) is 0.0667. The van der Waals surface area contributed by atoms with Crippen LogP contribution in [0.2, 0.25) is 5.02 Å². The molecule has 1 heterocycles. The Hall–Kier alpha value is -2.13. The van der Waals surface area contributed by atoms with Gasteiger partial charge in [-0.25, -0.2) is 0 Å². The van der Waals surface area contributed by atoms with Crippen molar-refractivity contribution in [3.63, 3.8) is 0 Å². The van der Waals surface area contributed by atoms with Crippen LogP contribution < -0.4 is 4.74 Å². The average molecular weight is 274 g/mol. The maximum atomic E-state index is 12.1. The monoisotopic (exact) mass is 273 g/mol. The number of pyridine rings is 1. The van der Waals surface area contributed by atoms with Crippen LogP contribution in [0, 0.1) is 6.92 Å². The summed E-state index contributed by atoms with van der Waals surface area (Å²) in [5.41, 5.74) is 1.24. The minimum atomic E-state index is -0.342. The highest BCUT2D eigenvalue weighted by molar-refractivity contribution is 6.34. The predicted molar refractivity (Wildman–Crippen MR) is 74.5 cm³/mol. The van der Waals surface area contributed by atoms with Crippen molar-refractivity contribution in [2.75, 3.05) is 0 Å². The fourth-order valence-corrected chi connectivity index (χ4v) is 1.72. The summed E-state index contributed by atoms with van der Waals surface area (Å²) in [7, 11) is 0. The van der Waals surface area contributed by atoms with E-state index in [0.29, 0.717) is 16.3 Å². The van der Waals surface area contributed by atoms with E-state index < -0.39 is 0 Å². The molecule has 0 unspecified atom stereocenters. The molecule has 0 amide bonds.